The third kappa shape index (κ3) is 8.59. The lowest BCUT2D eigenvalue weighted by molar-refractivity contribution is -0.148. The van der Waals surface area contributed by atoms with Crippen LogP contribution in [0.25, 0.3) is 0 Å². The average molecular weight is 518 g/mol. The van der Waals surface area contributed by atoms with Crippen LogP contribution in [0.15, 0.2) is 24.3 Å². The average Bonchev–Trinajstić information content (AvgIpc) is 2.60. The smallest absolute Gasteiger partial charge is 0.410 e. The van der Waals surface area contributed by atoms with Gasteiger partial charge in [-0.05, 0) is 74.4 Å². The number of carbonyl (C=O) groups excluding carboxylic acids is 3. The number of ether oxygens (including phenoxy) is 2. The van der Waals surface area contributed by atoms with Gasteiger partial charge in [-0.25, -0.2) is 9.59 Å². The second kappa shape index (κ2) is 11.4. The summed E-state index contributed by atoms with van der Waals surface area (Å²) in [5, 5.41) is 2.66. The van der Waals surface area contributed by atoms with Crippen molar-refractivity contribution in [2.24, 2.45) is 0 Å². The SMILES string of the molecule is CCCCOC(=O)[C@H](C)NC(=O)[C@H](c1cccc(I)c1)N(C)C(=O)OC(C)(C)C. The Morgan fingerprint density at radius 2 is 1.90 bits per heavy atom. The predicted octanol–water partition coefficient (Wildman–Crippen LogP) is 4.05. The Labute approximate surface area is 186 Å². The van der Waals surface area contributed by atoms with Crippen LogP contribution in [-0.4, -0.2) is 48.2 Å². The molecule has 2 amide bonds. The number of benzene rings is 1. The molecule has 0 fully saturated rings. The number of halogens is 1. The molecule has 1 rings (SSSR count). The highest BCUT2D eigenvalue weighted by atomic mass is 127. The molecule has 0 bridgehead atoms. The molecule has 0 aliphatic heterocycles. The van der Waals surface area contributed by atoms with Crippen LogP contribution in [0, 0.1) is 3.57 Å². The lowest BCUT2D eigenvalue weighted by Crippen LogP contribution is -2.48. The first-order valence-electron chi connectivity index (χ1n) is 9.64. The number of rotatable bonds is 8. The zero-order valence-electron chi connectivity index (χ0n) is 18.0. The molecule has 0 saturated carbocycles. The van der Waals surface area contributed by atoms with Gasteiger partial charge in [0.1, 0.15) is 17.7 Å². The second-order valence-corrected chi connectivity index (χ2v) is 9.05. The number of amides is 2. The van der Waals surface area contributed by atoms with Gasteiger partial charge in [-0.15, -0.1) is 0 Å². The topological polar surface area (TPSA) is 84.9 Å². The summed E-state index contributed by atoms with van der Waals surface area (Å²) in [6.45, 7) is 9.14. The number of likely N-dealkylation sites (N-methyl/N-ethyl adjacent to an activating group) is 1. The van der Waals surface area contributed by atoms with E-state index in [0.717, 1.165) is 16.4 Å². The quantitative estimate of drug-likeness (QED) is 0.319. The van der Waals surface area contributed by atoms with Crippen molar-refractivity contribution in [3.05, 3.63) is 33.4 Å². The Kier molecular flexibility index (Phi) is 9.88. The molecule has 8 heteroatoms. The van der Waals surface area contributed by atoms with E-state index in [2.05, 4.69) is 27.9 Å². The number of unbranched alkanes of at least 4 members (excludes halogenated alkanes) is 1. The largest absolute Gasteiger partial charge is 0.464 e. The molecular formula is C21H31IN2O5. The lowest BCUT2D eigenvalue weighted by atomic mass is 10.0. The fraction of sp³-hybridized carbons (Fsp3) is 0.571. The van der Waals surface area contributed by atoms with Gasteiger partial charge in [-0.1, -0.05) is 25.5 Å². The normalized spacial score (nSPS) is 13.2. The number of esters is 1. The van der Waals surface area contributed by atoms with Gasteiger partial charge in [0.25, 0.3) is 0 Å². The first kappa shape index (κ1) is 25.2. The Morgan fingerprint density at radius 1 is 1.24 bits per heavy atom. The molecule has 0 aliphatic carbocycles. The third-order valence-electron chi connectivity index (χ3n) is 3.94. The fourth-order valence-corrected chi connectivity index (χ4v) is 3.03. The van der Waals surface area contributed by atoms with Gasteiger partial charge >= 0.3 is 12.1 Å². The van der Waals surface area contributed by atoms with Gasteiger partial charge in [0, 0.05) is 10.6 Å². The molecule has 162 valence electrons. The van der Waals surface area contributed by atoms with Crippen LogP contribution in [0.2, 0.25) is 0 Å². The van der Waals surface area contributed by atoms with Crippen LogP contribution in [0.5, 0.6) is 0 Å². The van der Waals surface area contributed by atoms with E-state index in [1.807, 2.05) is 25.1 Å². The first-order chi connectivity index (χ1) is 13.5. The summed E-state index contributed by atoms with van der Waals surface area (Å²) in [7, 11) is 1.50. The molecule has 7 nitrogen and oxygen atoms in total. The highest BCUT2D eigenvalue weighted by molar-refractivity contribution is 14.1. The first-order valence-corrected chi connectivity index (χ1v) is 10.7. The fourth-order valence-electron chi connectivity index (χ4n) is 2.46. The van der Waals surface area contributed by atoms with E-state index in [1.54, 1.807) is 33.8 Å². The second-order valence-electron chi connectivity index (χ2n) is 7.80. The maximum absolute atomic E-state index is 13.0. The minimum Gasteiger partial charge on any atom is -0.464 e. The highest BCUT2D eigenvalue weighted by Crippen LogP contribution is 2.24. The van der Waals surface area contributed by atoms with Crippen molar-refractivity contribution in [1.82, 2.24) is 10.2 Å². The standard InChI is InChI=1S/C21H31IN2O5/c1-7-8-12-28-19(26)14(2)23-18(25)17(15-10-9-11-16(22)13-15)24(6)20(27)29-21(3,4)5/h9-11,13-14,17H,7-8,12H2,1-6H3,(H,23,25)/t14-,17-/m0/s1. The maximum Gasteiger partial charge on any atom is 0.410 e. The van der Waals surface area contributed by atoms with Gasteiger partial charge in [0.15, 0.2) is 0 Å². The van der Waals surface area contributed by atoms with E-state index in [-0.39, 0.29) is 0 Å². The zero-order valence-corrected chi connectivity index (χ0v) is 20.1. The van der Waals surface area contributed by atoms with Crippen molar-refractivity contribution in [2.75, 3.05) is 13.7 Å². The van der Waals surface area contributed by atoms with Crippen molar-refractivity contribution in [2.45, 2.75) is 65.1 Å². The Bertz CT molecular complexity index is 717. The molecule has 0 unspecified atom stereocenters. The van der Waals surface area contributed by atoms with Gasteiger partial charge in [-0.2, -0.15) is 0 Å². The van der Waals surface area contributed by atoms with Gasteiger partial charge in [-0.3, -0.25) is 9.69 Å². The molecule has 29 heavy (non-hydrogen) atoms. The Morgan fingerprint density at radius 3 is 2.45 bits per heavy atom. The van der Waals surface area contributed by atoms with E-state index in [4.69, 9.17) is 9.47 Å². The van der Waals surface area contributed by atoms with Crippen LogP contribution in [-0.2, 0) is 19.1 Å². The molecule has 1 aromatic carbocycles. The molecule has 0 aliphatic rings. The molecular weight excluding hydrogens is 487 g/mol. The summed E-state index contributed by atoms with van der Waals surface area (Å²) in [5.74, 6) is -0.992. The minimum absolute atomic E-state index is 0.313. The molecule has 0 saturated heterocycles. The number of hydrogen-bond acceptors (Lipinski definition) is 5. The summed E-state index contributed by atoms with van der Waals surface area (Å²) in [6, 6.07) is 5.48. The van der Waals surface area contributed by atoms with E-state index >= 15 is 0 Å². The molecule has 0 radical (unpaired) electrons. The van der Waals surface area contributed by atoms with E-state index in [1.165, 1.54) is 11.9 Å². The van der Waals surface area contributed by atoms with E-state index < -0.39 is 35.7 Å². The van der Waals surface area contributed by atoms with Crippen molar-refractivity contribution >= 4 is 40.6 Å². The number of nitrogens with zero attached hydrogens (tertiary/aromatic N) is 1. The third-order valence-corrected chi connectivity index (χ3v) is 4.61. The number of carbonyl (C=O) groups is 3. The highest BCUT2D eigenvalue weighted by Gasteiger charge is 2.33. The van der Waals surface area contributed by atoms with Gasteiger partial charge in [0.2, 0.25) is 5.91 Å². The van der Waals surface area contributed by atoms with E-state index in [9.17, 15) is 14.4 Å². The minimum atomic E-state index is -0.953. The molecule has 1 aromatic rings. The van der Waals surface area contributed by atoms with Crippen molar-refractivity contribution in [3.8, 4) is 0 Å². The number of nitrogens with one attached hydrogen (secondary N) is 1. The van der Waals surface area contributed by atoms with Crippen molar-refractivity contribution in [1.29, 1.82) is 0 Å². The van der Waals surface area contributed by atoms with Gasteiger partial charge in [0.05, 0.1) is 6.61 Å². The van der Waals surface area contributed by atoms with E-state index in [0.29, 0.717) is 12.2 Å². The molecule has 0 heterocycles. The van der Waals surface area contributed by atoms with Crippen LogP contribution in [0.3, 0.4) is 0 Å². The van der Waals surface area contributed by atoms with Crippen LogP contribution >= 0.6 is 22.6 Å². The Balaban J connectivity index is 3.03. The summed E-state index contributed by atoms with van der Waals surface area (Å²) in [5.41, 5.74) is -0.0808. The van der Waals surface area contributed by atoms with Crippen LogP contribution < -0.4 is 5.32 Å². The van der Waals surface area contributed by atoms with Gasteiger partial charge < -0.3 is 14.8 Å². The molecule has 0 spiro atoms. The van der Waals surface area contributed by atoms with Crippen molar-refractivity contribution < 1.29 is 23.9 Å². The number of hydrogen-bond donors (Lipinski definition) is 1. The van der Waals surface area contributed by atoms with Crippen molar-refractivity contribution in [3.63, 3.8) is 0 Å². The maximum atomic E-state index is 13.0. The molecule has 2 atom stereocenters. The summed E-state index contributed by atoms with van der Waals surface area (Å²) in [6.07, 6.45) is 1.04. The van der Waals surface area contributed by atoms with Crippen LogP contribution in [0.1, 0.15) is 59.1 Å². The Hall–Kier alpha value is -1.84. The monoisotopic (exact) mass is 518 g/mol. The summed E-state index contributed by atoms with van der Waals surface area (Å²) < 4.78 is 11.5. The lowest BCUT2D eigenvalue weighted by Gasteiger charge is -2.31. The predicted molar refractivity (Wildman–Crippen MR) is 119 cm³/mol. The summed E-state index contributed by atoms with van der Waals surface area (Å²) >= 11 is 2.14. The zero-order chi connectivity index (χ0) is 22.2. The summed E-state index contributed by atoms with van der Waals surface area (Å²) in [4.78, 5) is 39.0. The molecule has 0 aromatic heterocycles. The molecule has 1 N–H and O–H groups in total. The van der Waals surface area contributed by atoms with Crippen LogP contribution in [0.4, 0.5) is 4.79 Å².